The van der Waals surface area contributed by atoms with Gasteiger partial charge in [-0.2, -0.15) is 0 Å². The van der Waals surface area contributed by atoms with Crippen molar-refractivity contribution in [2.45, 2.75) is 0 Å². The van der Waals surface area contributed by atoms with Crippen LogP contribution in [-0.4, -0.2) is 17.3 Å². The molecule has 3 aromatic carbocycles. The maximum absolute atomic E-state index is 7.33. The van der Waals surface area contributed by atoms with E-state index in [1.807, 2.05) is 18.2 Å². The number of benzene rings is 3. The van der Waals surface area contributed by atoms with Gasteiger partial charge < -0.3 is 0 Å². The van der Waals surface area contributed by atoms with Gasteiger partial charge in [0.05, 0.1) is 0 Å². The second-order valence-corrected chi connectivity index (χ2v) is 17.5. The van der Waals surface area contributed by atoms with Gasteiger partial charge in [-0.25, -0.2) is 0 Å². The molecule has 0 nitrogen and oxygen atoms in total. The molecule has 0 aliphatic heterocycles. The second kappa shape index (κ2) is 8.78. The molecule has 0 bridgehead atoms. The van der Waals surface area contributed by atoms with E-state index in [1.54, 1.807) is 0 Å². The third-order valence-corrected chi connectivity index (χ3v) is 17.6. The summed E-state index contributed by atoms with van der Waals surface area (Å²) in [6, 6.07) is 31.6. The number of rotatable bonds is 3. The third-order valence-electron chi connectivity index (χ3n) is 3.51. The van der Waals surface area contributed by atoms with Crippen molar-refractivity contribution in [3.8, 4) is 0 Å². The van der Waals surface area contributed by atoms with E-state index in [9.17, 15) is 0 Å². The predicted octanol–water partition coefficient (Wildman–Crippen LogP) is 3.85. The molecule has 3 aromatic rings. The van der Waals surface area contributed by atoms with Crippen LogP contribution >= 0.6 is 8.92 Å². The minimum atomic E-state index is -3.30. The van der Waals surface area contributed by atoms with E-state index in [-0.39, 0.29) is 0 Å². The molecule has 0 spiro atoms. The zero-order valence-electron chi connectivity index (χ0n) is 13.0. The Labute approximate surface area is 146 Å². The van der Waals surface area contributed by atoms with Crippen LogP contribution in [0.1, 0.15) is 0 Å². The van der Waals surface area contributed by atoms with Crippen molar-refractivity contribution in [1.29, 1.82) is 0 Å². The normalized spacial score (nSPS) is 10.1. The van der Waals surface area contributed by atoms with E-state index in [0.29, 0.717) is 0 Å². The van der Waals surface area contributed by atoms with Gasteiger partial charge in [0.2, 0.25) is 0 Å². The third kappa shape index (κ3) is 4.17. The fourth-order valence-electron chi connectivity index (χ4n) is 2.50. The molecule has 0 amide bonds. The Morgan fingerprint density at radius 1 is 0.565 bits per heavy atom. The summed E-state index contributed by atoms with van der Waals surface area (Å²) >= 11 is -3.30. The van der Waals surface area contributed by atoms with Crippen LogP contribution in [0.15, 0.2) is 110 Å². The fraction of sp³-hybridized carbons (Fsp3) is 0. The fourth-order valence-corrected chi connectivity index (χ4v) is 13.5. The first kappa shape index (κ1) is 17.6. The summed E-state index contributed by atoms with van der Waals surface area (Å²) in [5.74, 6) is 0. The second-order valence-electron chi connectivity index (χ2n) is 5.01. The summed E-state index contributed by atoms with van der Waals surface area (Å²) in [6.07, 6.45) is 0. The number of hydrogen-bond acceptors (Lipinski definition) is 0. The molecule has 0 fully saturated rings. The molecule has 114 valence electrons. The van der Waals surface area contributed by atoms with Crippen LogP contribution < -0.4 is 10.7 Å². The Hall–Kier alpha value is -1.73. The van der Waals surface area contributed by atoms with E-state index in [4.69, 9.17) is 8.92 Å². The molecular formula is C21H19ClSn. The predicted molar refractivity (Wildman–Crippen MR) is 105 cm³/mol. The topological polar surface area (TPSA) is 0 Å². The Kier molecular flexibility index (Phi) is 6.73. The van der Waals surface area contributed by atoms with Crippen molar-refractivity contribution in [3.05, 3.63) is 110 Å². The monoisotopic (exact) mass is 426 g/mol. The first-order valence-corrected chi connectivity index (χ1v) is 15.3. The molecule has 0 saturated heterocycles. The van der Waals surface area contributed by atoms with Gasteiger partial charge in [-0.05, 0) is 0 Å². The summed E-state index contributed by atoms with van der Waals surface area (Å²) < 4.78 is 3.88. The summed E-state index contributed by atoms with van der Waals surface area (Å²) in [7, 11) is 7.33. The Morgan fingerprint density at radius 3 is 1.00 bits per heavy atom. The summed E-state index contributed by atoms with van der Waals surface area (Å²) in [5.41, 5.74) is 2.25. The van der Waals surface area contributed by atoms with Gasteiger partial charge in [0.1, 0.15) is 0 Å². The van der Waals surface area contributed by atoms with E-state index in [2.05, 4.69) is 91.7 Å². The molecule has 0 heterocycles. The Morgan fingerprint density at radius 2 is 0.783 bits per heavy atom. The quantitative estimate of drug-likeness (QED) is 0.442. The van der Waals surface area contributed by atoms with Crippen molar-refractivity contribution in [1.82, 2.24) is 0 Å². The number of hydrogen-bond donors (Lipinski definition) is 0. The van der Waals surface area contributed by atoms with E-state index < -0.39 is 17.3 Å². The summed E-state index contributed by atoms with van der Waals surface area (Å²) in [4.78, 5) is 0. The maximum atomic E-state index is 7.33. The van der Waals surface area contributed by atoms with Crippen LogP contribution in [0, 0.1) is 0 Å². The Balaban J connectivity index is 0.000000595. The van der Waals surface area contributed by atoms with Crippen LogP contribution in [0.4, 0.5) is 0 Å². The van der Waals surface area contributed by atoms with Crippen molar-refractivity contribution in [2.24, 2.45) is 0 Å². The standard InChI is InChI=1S/3C6H5.C3H4.ClH.Sn/c3*1-2-4-6-5-3-1;1-3-2;;/h3*1-5H;1-2H2;1H;/q;;;;;+1/p-1. The number of halogens is 1. The van der Waals surface area contributed by atoms with Crippen molar-refractivity contribution >= 4 is 36.9 Å². The van der Waals surface area contributed by atoms with E-state index in [0.717, 1.165) is 0 Å². The molecular weight excluding hydrogens is 406 g/mol. The van der Waals surface area contributed by atoms with Crippen LogP contribution in [0.3, 0.4) is 0 Å². The van der Waals surface area contributed by atoms with Crippen molar-refractivity contribution in [3.63, 3.8) is 0 Å². The molecule has 0 saturated carbocycles. The van der Waals surface area contributed by atoms with E-state index in [1.165, 1.54) is 10.7 Å². The van der Waals surface area contributed by atoms with Crippen LogP contribution in [0.2, 0.25) is 0 Å². The van der Waals surface area contributed by atoms with E-state index >= 15 is 0 Å². The summed E-state index contributed by atoms with van der Waals surface area (Å²) in [6.45, 7) is 6.25. The zero-order chi connectivity index (χ0) is 16.5. The van der Waals surface area contributed by atoms with Gasteiger partial charge in [-0.15, -0.1) is 5.73 Å². The molecule has 23 heavy (non-hydrogen) atoms. The zero-order valence-corrected chi connectivity index (χ0v) is 16.6. The van der Waals surface area contributed by atoms with Crippen LogP contribution in [0.25, 0.3) is 0 Å². The average molecular weight is 426 g/mol. The van der Waals surface area contributed by atoms with Crippen LogP contribution in [-0.2, 0) is 0 Å². The van der Waals surface area contributed by atoms with Gasteiger partial charge >= 0.3 is 128 Å². The van der Waals surface area contributed by atoms with Crippen molar-refractivity contribution < 1.29 is 0 Å². The first-order valence-electron chi connectivity index (χ1n) is 7.38. The van der Waals surface area contributed by atoms with Crippen molar-refractivity contribution in [2.75, 3.05) is 0 Å². The van der Waals surface area contributed by atoms with Gasteiger partial charge in [0, 0.05) is 0 Å². The molecule has 2 heteroatoms. The van der Waals surface area contributed by atoms with Gasteiger partial charge in [-0.1, -0.05) is 13.2 Å². The van der Waals surface area contributed by atoms with Gasteiger partial charge in [-0.3, -0.25) is 0 Å². The Bertz CT molecular complexity index is 649. The van der Waals surface area contributed by atoms with Gasteiger partial charge in [0.25, 0.3) is 0 Å². The van der Waals surface area contributed by atoms with Crippen LogP contribution in [0.5, 0.6) is 0 Å². The SMILES string of the molecule is C=C=C.[Cl][Sn]([c]1ccccc1)([c]1ccccc1)[c]1ccccc1. The molecule has 0 atom stereocenters. The molecule has 0 aromatic heterocycles. The molecule has 0 N–H and O–H groups in total. The molecule has 0 radical (unpaired) electrons. The molecule has 3 rings (SSSR count). The summed E-state index contributed by atoms with van der Waals surface area (Å²) in [5, 5.41) is 0. The molecule has 0 aliphatic rings. The minimum absolute atomic E-state index is 1.29. The average Bonchev–Trinajstić information content (AvgIpc) is 2.64. The first-order chi connectivity index (χ1) is 11.2. The van der Waals surface area contributed by atoms with Gasteiger partial charge in [0.15, 0.2) is 0 Å². The molecule has 0 unspecified atom stereocenters. The molecule has 0 aliphatic carbocycles.